The van der Waals surface area contributed by atoms with Gasteiger partial charge in [0.25, 0.3) is 0 Å². The molecular formula is C17H24N2O4. The van der Waals surface area contributed by atoms with Gasteiger partial charge in [0.2, 0.25) is 5.91 Å². The number of likely N-dealkylation sites (tertiary alicyclic amines) is 1. The molecule has 6 nitrogen and oxygen atoms in total. The summed E-state index contributed by atoms with van der Waals surface area (Å²) in [6, 6.07) is 8.81. The van der Waals surface area contributed by atoms with Gasteiger partial charge in [0.05, 0.1) is 19.3 Å². The maximum atomic E-state index is 12.9. The Morgan fingerprint density at radius 2 is 2.09 bits per heavy atom. The molecule has 1 saturated heterocycles. The van der Waals surface area contributed by atoms with Gasteiger partial charge in [-0.3, -0.25) is 4.79 Å². The summed E-state index contributed by atoms with van der Waals surface area (Å²) in [6.07, 6.45) is 0.912. The third-order valence-corrected chi connectivity index (χ3v) is 4.27. The molecule has 1 fully saturated rings. The van der Waals surface area contributed by atoms with Crippen LogP contribution in [0.1, 0.15) is 31.7 Å². The lowest BCUT2D eigenvalue weighted by atomic mass is 9.84. The first kappa shape index (κ1) is 17.4. The number of nitrogens with two attached hydrogens (primary N) is 1. The fourth-order valence-corrected chi connectivity index (χ4v) is 3.07. The molecule has 3 N–H and O–H groups in total. The largest absolute Gasteiger partial charge is 0.464 e. The summed E-state index contributed by atoms with van der Waals surface area (Å²) in [4.78, 5) is 26.5. The predicted octanol–water partition coefficient (Wildman–Crippen LogP) is 0.777. The maximum Gasteiger partial charge on any atom is 0.339 e. The Hall–Kier alpha value is -1.92. The minimum absolute atomic E-state index is 0.219. The summed E-state index contributed by atoms with van der Waals surface area (Å²) < 4.78 is 5.39. The van der Waals surface area contributed by atoms with Crippen LogP contribution in [0.3, 0.4) is 0 Å². The molecule has 1 aliphatic heterocycles. The monoisotopic (exact) mass is 320 g/mol. The van der Waals surface area contributed by atoms with Crippen molar-refractivity contribution in [2.24, 2.45) is 5.73 Å². The zero-order valence-electron chi connectivity index (χ0n) is 13.4. The molecule has 1 heterocycles. The lowest BCUT2D eigenvalue weighted by Crippen LogP contribution is -2.57. The second kappa shape index (κ2) is 7.57. The molecule has 0 bridgehead atoms. The predicted molar refractivity (Wildman–Crippen MR) is 85.4 cm³/mol. The van der Waals surface area contributed by atoms with Crippen molar-refractivity contribution in [2.75, 3.05) is 19.7 Å². The van der Waals surface area contributed by atoms with Gasteiger partial charge in [-0.25, -0.2) is 4.79 Å². The van der Waals surface area contributed by atoms with Gasteiger partial charge in [-0.05, 0) is 18.4 Å². The number of ether oxygens (including phenoxy) is 1. The SMILES string of the molecule is CCCCOC(=O)C1(c2ccccc2)[C@@H](O)CCN1C(=O)CN. The summed E-state index contributed by atoms with van der Waals surface area (Å²) in [5, 5.41) is 10.6. The standard InChI is InChI=1S/C17H24N2O4/c1-2-3-11-23-16(22)17(13-7-5-4-6-8-13)14(20)9-10-19(17)15(21)12-18/h4-8,14,20H,2-3,9-12,18H2,1H3/t14-,17?/m0/s1. The van der Waals surface area contributed by atoms with E-state index in [1.807, 2.05) is 13.0 Å². The minimum Gasteiger partial charge on any atom is -0.464 e. The van der Waals surface area contributed by atoms with Crippen LogP contribution in [-0.2, 0) is 19.9 Å². The van der Waals surface area contributed by atoms with Gasteiger partial charge in [-0.15, -0.1) is 0 Å². The van der Waals surface area contributed by atoms with E-state index in [1.165, 1.54) is 4.90 Å². The van der Waals surface area contributed by atoms with Crippen molar-refractivity contribution in [3.63, 3.8) is 0 Å². The van der Waals surface area contributed by atoms with Crippen LogP contribution in [0.4, 0.5) is 0 Å². The normalized spacial score (nSPS) is 23.8. The minimum atomic E-state index is -1.51. The van der Waals surface area contributed by atoms with Crippen molar-refractivity contribution in [3.05, 3.63) is 35.9 Å². The van der Waals surface area contributed by atoms with Crippen LogP contribution in [0.5, 0.6) is 0 Å². The Labute approximate surface area is 136 Å². The van der Waals surface area contributed by atoms with E-state index < -0.39 is 17.6 Å². The molecule has 0 spiro atoms. The van der Waals surface area contributed by atoms with Crippen LogP contribution in [0.15, 0.2) is 30.3 Å². The molecule has 6 heteroatoms. The first-order valence-corrected chi connectivity index (χ1v) is 8.00. The number of esters is 1. The Bertz CT molecular complexity index is 549. The fourth-order valence-electron chi connectivity index (χ4n) is 3.07. The van der Waals surface area contributed by atoms with Gasteiger partial charge in [0.15, 0.2) is 5.54 Å². The second-order valence-corrected chi connectivity index (χ2v) is 5.68. The smallest absolute Gasteiger partial charge is 0.339 e. The van der Waals surface area contributed by atoms with E-state index in [9.17, 15) is 14.7 Å². The highest BCUT2D eigenvalue weighted by Gasteiger charge is 2.58. The van der Waals surface area contributed by atoms with Gasteiger partial charge >= 0.3 is 5.97 Å². The molecule has 1 aliphatic rings. The highest BCUT2D eigenvalue weighted by molar-refractivity contribution is 5.91. The van der Waals surface area contributed by atoms with Crippen molar-refractivity contribution >= 4 is 11.9 Å². The zero-order valence-corrected chi connectivity index (χ0v) is 13.4. The Morgan fingerprint density at radius 1 is 1.39 bits per heavy atom. The fraction of sp³-hybridized carbons (Fsp3) is 0.529. The Kier molecular flexibility index (Phi) is 5.74. The molecule has 0 aromatic heterocycles. The number of unbranched alkanes of at least 4 members (excludes halogenated alkanes) is 1. The number of aliphatic hydroxyl groups excluding tert-OH is 1. The van der Waals surface area contributed by atoms with E-state index in [-0.39, 0.29) is 25.6 Å². The van der Waals surface area contributed by atoms with Crippen molar-refractivity contribution in [2.45, 2.75) is 37.8 Å². The zero-order chi connectivity index (χ0) is 16.9. The molecular weight excluding hydrogens is 296 g/mol. The van der Waals surface area contributed by atoms with Crippen LogP contribution < -0.4 is 5.73 Å². The van der Waals surface area contributed by atoms with Gasteiger partial charge in [-0.1, -0.05) is 43.7 Å². The Balaban J connectivity index is 2.45. The van der Waals surface area contributed by atoms with E-state index >= 15 is 0 Å². The van der Waals surface area contributed by atoms with Crippen LogP contribution in [0, 0.1) is 0 Å². The number of aliphatic hydroxyl groups is 1. The quantitative estimate of drug-likeness (QED) is 0.597. The number of carbonyl (C=O) groups excluding carboxylic acids is 2. The average Bonchev–Trinajstić information content (AvgIpc) is 2.93. The van der Waals surface area contributed by atoms with Crippen LogP contribution >= 0.6 is 0 Å². The Morgan fingerprint density at radius 3 is 2.70 bits per heavy atom. The van der Waals surface area contributed by atoms with Gasteiger partial charge in [0.1, 0.15) is 0 Å². The van der Waals surface area contributed by atoms with Crippen LogP contribution in [0.25, 0.3) is 0 Å². The number of hydrogen-bond acceptors (Lipinski definition) is 5. The number of rotatable bonds is 6. The molecule has 1 aromatic carbocycles. The molecule has 0 aliphatic carbocycles. The van der Waals surface area contributed by atoms with Gasteiger partial charge < -0.3 is 20.5 Å². The second-order valence-electron chi connectivity index (χ2n) is 5.68. The van der Waals surface area contributed by atoms with Gasteiger partial charge in [0, 0.05) is 6.54 Å². The first-order valence-electron chi connectivity index (χ1n) is 8.00. The maximum absolute atomic E-state index is 12.9. The van der Waals surface area contributed by atoms with Crippen molar-refractivity contribution in [1.82, 2.24) is 4.90 Å². The molecule has 23 heavy (non-hydrogen) atoms. The topological polar surface area (TPSA) is 92.9 Å². The van der Waals surface area contributed by atoms with E-state index in [2.05, 4.69) is 0 Å². The molecule has 1 unspecified atom stereocenters. The summed E-state index contributed by atoms with van der Waals surface area (Å²) in [5.41, 5.74) is 4.53. The molecule has 1 amide bonds. The van der Waals surface area contributed by atoms with E-state index in [0.717, 1.165) is 12.8 Å². The third kappa shape index (κ3) is 3.09. The van der Waals surface area contributed by atoms with Gasteiger partial charge in [-0.2, -0.15) is 0 Å². The summed E-state index contributed by atoms with van der Waals surface area (Å²) >= 11 is 0. The molecule has 126 valence electrons. The number of nitrogens with zero attached hydrogens (tertiary/aromatic N) is 1. The molecule has 2 rings (SSSR count). The lowest BCUT2D eigenvalue weighted by Gasteiger charge is -2.38. The number of benzene rings is 1. The van der Waals surface area contributed by atoms with Crippen LogP contribution in [0.2, 0.25) is 0 Å². The molecule has 1 aromatic rings. The first-order chi connectivity index (χ1) is 11.1. The van der Waals surface area contributed by atoms with E-state index in [1.54, 1.807) is 24.3 Å². The third-order valence-electron chi connectivity index (χ3n) is 4.27. The van der Waals surface area contributed by atoms with Crippen LogP contribution in [-0.4, -0.2) is 47.7 Å². The van der Waals surface area contributed by atoms with E-state index in [4.69, 9.17) is 10.5 Å². The van der Waals surface area contributed by atoms with Crippen molar-refractivity contribution in [1.29, 1.82) is 0 Å². The lowest BCUT2D eigenvalue weighted by molar-refractivity contribution is -0.168. The highest BCUT2D eigenvalue weighted by atomic mass is 16.5. The molecule has 0 saturated carbocycles. The van der Waals surface area contributed by atoms with Crippen molar-refractivity contribution in [3.8, 4) is 0 Å². The summed E-state index contributed by atoms with van der Waals surface area (Å²) in [6.45, 7) is 2.31. The number of hydrogen-bond donors (Lipinski definition) is 2. The summed E-state index contributed by atoms with van der Waals surface area (Å²) in [7, 11) is 0. The van der Waals surface area contributed by atoms with Crippen molar-refractivity contribution < 1.29 is 19.4 Å². The average molecular weight is 320 g/mol. The number of amides is 1. The number of carbonyl (C=O) groups is 2. The van der Waals surface area contributed by atoms with E-state index in [0.29, 0.717) is 12.0 Å². The summed E-state index contributed by atoms with van der Waals surface area (Å²) in [5.74, 6) is -0.971. The molecule has 2 atom stereocenters. The molecule has 0 radical (unpaired) electrons. The highest BCUT2D eigenvalue weighted by Crippen LogP contribution is 2.40.